The molecule has 3 rings (SSSR count). The molecular weight excluding hydrogens is 386 g/mol. The van der Waals surface area contributed by atoms with Gasteiger partial charge in [0.25, 0.3) is 15.9 Å². The molecule has 0 heterocycles. The Labute approximate surface area is 161 Å². The van der Waals surface area contributed by atoms with Gasteiger partial charge in [0.1, 0.15) is 0 Å². The molecule has 0 aliphatic heterocycles. The van der Waals surface area contributed by atoms with Crippen molar-refractivity contribution >= 4 is 27.3 Å². The van der Waals surface area contributed by atoms with Gasteiger partial charge in [-0.25, -0.2) is 17.2 Å². The van der Waals surface area contributed by atoms with Gasteiger partial charge in [-0.2, -0.15) is 0 Å². The molecule has 3 aromatic carbocycles. The van der Waals surface area contributed by atoms with Gasteiger partial charge in [0, 0.05) is 16.9 Å². The summed E-state index contributed by atoms with van der Waals surface area (Å²) in [5.74, 6) is -2.74. The summed E-state index contributed by atoms with van der Waals surface area (Å²) in [6.45, 7) is 1.87. The third-order valence-electron chi connectivity index (χ3n) is 3.99. The minimum atomic E-state index is -4.10. The minimum Gasteiger partial charge on any atom is -0.322 e. The van der Waals surface area contributed by atoms with E-state index in [9.17, 15) is 22.0 Å². The summed E-state index contributed by atoms with van der Waals surface area (Å²) in [7, 11) is -4.10. The largest absolute Gasteiger partial charge is 0.322 e. The lowest BCUT2D eigenvalue weighted by atomic mass is 10.1. The first-order chi connectivity index (χ1) is 13.3. The van der Waals surface area contributed by atoms with E-state index in [4.69, 9.17) is 0 Å². The second kappa shape index (κ2) is 7.77. The maximum atomic E-state index is 13.3. The molecule has 3 aromatic rings. The van der Waals surface area contributed by atoms with E-state index >= 15 is 0 Å². The summed E-state index contributed by atoms with van der Waals surface area (Å²) in [5, 5.41) is 2.78. The van der Waals surface area contributed by atoms with Crippen molar-refractivity contribution in [3.8, 4) is 0 Å². The van der Waals surface area contributed by atoms with E-state index in [0.717, 1.165) is 17.7 Å². The van der Waals surface area contributed by atoms with Crippen LogP contribution < -0.4 is 10.0 Å². The number of amides is 1. The van der Waals surface area contributed by atoms with Gasteiger partial charge in [0.2, 0.25) is 0 Å². The standard InChI is InChI=1S/C20H16F2N2O3S/c1-13-4-2-3-5-19(13)23-20(25)14-6-8-15(9-7-14)24-28(26,27)16-10-11-17(21)18(22)12-16/h2-12,24H,1H3,(H,23,25). The number of aryl methyl sites for hydroxylation is 1. The molecule has 8 heteroatoms. The van der Waals surface area contributed by atoms with E-state index in [1.54, 1.807) is 12.1 Å². The maximum Gasteiger partial charge on any atom is 0.261 e. The van der Waals surface area contributed by atoms with Crippen LogP contribution in [0.5, 0.6) is 0 Å². The number of hydrogen-bond donors (Lipinski definition) is 2. The van der Waals surface area contributed by atoms with Gasteiger partial charge in [0.05, 0.1) is 4.90 Å². The van der Waals surface area contributed by atoms with Crippen molar-refractivity contribution in [3.63, 3.8) is 0 Å². The summed E-state index contributed by atoms with van der Waals surface area (Å²) in [6.07, 6.45) is 0. The van der Waals surface area contributed by atoms with Crippen LogP contribution in [0.1, 0.15) is 15.9 Å². The lowest BCUT2D eigenvalue weighted by Crippen LogP contribution is -2.15. The van der Waals surface area contributed by atoms with Crippen LogP contribution in [-0.2, 0) is 10.0 Å². The first-order valence-corrected chi connectivity index (χ1v) is 9.69. The van der Waals surface area contributed by atoms with E-state index < -0.39 is 26.6 Å². The summed E-state index contributed by atoms with van der Waals surface area (Å²) >= 11 is 0. The Morgan fingerprint density at radius 3 is 2.21 bits per heavy atom. The second-order valence-corrected chi connectivity index (χ2v) is 7.71. The molecule has 5 nitrogen and oxygen atoms in total. The van der Waals surface area contributed by atoms with Crippen molar-refractivity contribution < 1.29 is 22.0 Å². The van der Waals surface area contributed by atoms with E-state index in [1.807, 2.05) is 19.1 Å². The van der Waals surface area contributed by atoms with E-state index in [-0.39, 0.29) is 11.6 Å². The Morgan fingerprint density at radius 1 is 0.893 bits per heavy atom. The molecule has 2 N–H and O–H groups in total. The van der Waals surface area contributed by atoms with E-state index in [1.165, 1.54) is 24.3 Å². The zero-order chi connectivity index (χ0) is 20.3. The fourth-order valence-electron chi connectivity index (χ4n) is 2.46. The van der Waals surface area contributed by atoms with Crippen molar-refractivity contribution in [2.24, 2.45) is 0 Å². The highest BCUT2D eigenvalue weighted by Crippen LogP contribution is 2.20. The Kier molecular flexibility index (Phi) is 5.41. The molecule has 1 amide bonds. The molecule has 0 fully saturated rings. The zero-order valence-electron chi connectivity index (χ0n) is 14.7. The molecule has 0 atom stereocenters. The van der Waals surface area contributed by atoms with Gasteiger partial charge in [-0.05, 0) is 61.0 Å². The number of carbonyl (C=O) groups excluding carboxylic acids is 1. The first-order valence-electron chi connectivity index (χ1n) is 8.21. The van der Waals surface area contributed by atoms with Crippen LogP contribution in [0.4, 0.5) is 20.2 Å². The molecule has 0 unspecified atom stereocenters. The van der Waals surface area contributed by atoms with Crippen molar-refractivity contribution in [1.82, 2.24) is 0 Å². The Morgan fingerprint density at radius 2 is 1.57 bits per heavy atom. The Hall–Kier alpha value is -3.26. The van der Waals surface area contributed by atoms with Crippen LogP contribution in [0.2, 0.25) is 0 Å². The second-order valence-electron chi connectivity index (χ2n) is 6.03. The third kappa shape index (κ3) is 4.34. The van der Waals surface area contributed by atoms with Gasteiger partial charge in [-0.3, -0.25) is 9.52 Å². The lowest BCUT2D eigenvalue weighted by molar-refractivity contribution is 0.102. The number of hydrogen-bond acceptors (Lipinski definition) is 3. The van der Waals surface area contributed by atoms with Gasteiger partial charge in [0.15, 0.2) is 11.6 Å². The van der Waals surface area contributed by atoms with E-state index in [0.29, 0.717) is 17.3 Å². The number of para-hydroxylation sites is 1. The van der Waals surface area contributed by atoms with Crippen LogP contribution in [0, 0.1) is 18.6 Å². The topological polar surface area (TPSA) is 75.3 Å². The molecule has 0 aliphatic carbocycles. The summed E-state index contributed by atoms with van der Waals surface area (Å²) in [4.78, 5) is 11.9. The van der Waals surface area contributed by atoms with Gasteiger partial charge >= 0.3 is 0 Å². The van der Waals surface area contributed by atoms with Crippen molar-refractivity contribution in [2.75, 3.05) is 10.0 Å². The average molecular weight is 402 g/mol. The van der Waals surface area contributed by atoms with E-state index in [2.05, 4.69) is 10.0 Å². The molecule has 28 heavy (non-hydrogen) atoms. The summed E-state index contributed by atoms with van der Waals surface area (Å²) in [5.41, 5.74) is 2.10. The van der Waals surface area contributed by atoms with Crippen LogP contribution >= 0.6 is 0 Å². The molecule has 0 saturated heterocycles. The smallest absolute Gasteiger partial charge is 0.261 e. The van der Waals surface area contributed by atoms with Crippen molar-refractivity contribution in [1.29, 1.82) is 0 Å². The highest BCUT2D eigenvalue weighted by molar-refractivity contribution is 7.92. The number of nitrogens with one attached hydrogen (secondary N) is 2. The lowest BCUT2D eigenvalue weighted by Gasteiger charge is -2.10. The number of benzene rings is 3. The number of rotatable bonds is 5. The molecular formula is C20H16F2N2O3S. The quantitative estimate of drug-likeness (QED) is 0.667. The van der Waals surface area contributed by atoms with Gasteiger partial charge in [-0.15, -0.1) is 0 Å². The number of sulfonamides is 1. The van der Waals surface area contributed by atoms with Gasteiger partial charge < -0.3 is 5.32 Å². The van der Waals surface area contributed by atoms with Crippen LogP contribution in [0.3, 0.4) is 0 Å². The first kappa shape index (κ1) is 19.5. The van der Waals surface area contributed by atoms with Crippen molar-refractivity contribution in [3.05, 3.63) is 89.5 Å². The molecule has 0 spiro atoms. The van der Waals surface area contributed by atoms with Crippen LogP contribution in [0.15, 0.2) is 71.6 Å². The summed E-state index contributed by atoms with van der Waals surface area (Å²) in [6, 6.07) is 15.3. The number of anilines is 2. The summed E-state index contributed by atoms with van der Waals surface area (Å²) < 4.78 is 53.1. The molecule has 0 saturated carbocycles. The molecule has 0 aliphatic rings. The highest BCUT2D eigenvalue weighted by Gasteiger charge is 2.17. The Bertz CT molecular complexity index is 1130. The predicted molar refractivity (Wildman–Crippen MR) is 103 cm³/mol. The average Bonchev–Trinajstić information content (AvgIpc) is 2.66. The predicted octanol–water partition coefficient (Wildman–Crippen LogP) is 4.33. The molecule has 0 radical (unpaired) electrons. The molecule has 0 bridgehead atoms. The fourth-order valence-corrected chi connectivity index (χ4v) is 3.53. The van der Waals surface area contributed by atoms with Crippen LogP contribution in [0.25, 0.3) is 0 Å². The number of halogens is 2. The zero-order valence-corrected chi connectivity index (χ0v) is 15.6. The monoisotopic (exact) mass is 402 g/mol. The third-order valence-corrected chi connectivity index (χ3v) is 5.37. The minimum absolute atomic E-state index is 0.178. The molecule has 0 aromatic heterocycles. The number of carbonyl (C=O) groups is 1. The molecule has 144 valence electrons. The normalized spacial score (nSPS) is 11.1. The Balaban J connectivity index is 1.74. The van der Waals surface area contributed by atoms with Crippen molar-refractivity contribution in [2.45, 2.75) is 11.8 Å². The van der Waals surface area contributed by atoms with Gasteiger partial charge in [-0.1, -0.05) is 18.2 Å². The SMILES string of the molecule is Cc1ccccc1NC(=O)c1ccc(NS(=O)(=O)c2ccc(F)c(F)c2)cc1. The fraction of sp³-hybridized carbons (Fsp3) is 0.0500. The highest BCUT2D eigenvalue weighted by atomic mass is 32.2. The van der Waals surface area contributed by atoms with Crippen LogP contribution in [-0.4, -0.2) is 14.3 Å². The maximum absolute atomic E-state index is 13.3.